The van der Waals surface area contributed by atoms with Crippen LogP contribution in [0.4, 0.5) is 0 Å². The first kappa shape index (κ1) is 17.2. The van der Waals surface area contributed by atoms with Gasteiger partial charge in [0.05, 0.1) is 5.39 Å². The Morgan fingerprint density at radius 2 is 2.08 bits per heavy atom. The molecule has 1 fully saturated rings. The second kappa shape index (κ2) is 7.09. The summed E-state index contributed by atoms with van der Waals surface area (Å²) in [6, 6.07) is 6.41. The van der Waals surface area contributed by atoms with Crippen LogP contribution in [-0.4, -0.2) is 36.0 Å². The van der Waals surface area contributed by atoms with Gasteiger partial charge in [0.15, 0.2) is 12.0 Å². The van der Waals surface area contributed by atoms with E-state index < -0.39 is 5.97 Å². The molecule has 1 aliphatic heterocycles. The highest BCUT2D eigenvalue weighted by Gasteiger charge is 2.24. The van der Waals surface area contributed by atoms with Crippen LogP contribution >= 0.6 is 0 Å². The Bertz CT molecular complexity index is 870. The number of aryl methyl sites for hydroxylation is 1. The number of carbonyl (C=O) groups excluding carboxylic acids is 2. The summed E-state index contributed by atoms with van der Waals surface area (Å²) in [6.07, 6.45) is 3.02. The molecule has 0 spiro atoms. The van der Waals surface area contributed by atoms with Gasteiger partial charge in [-0.2, -0.15) is 0 Å². The van der Waals surface area contributed by atoms with Crippen molar-refractivity contribution >= 4 is 22.8 Å². The van der Waals surface area contributed by atoms with Gasteiger partial charge in [0, 0.05) is 18.7 Å². The summed E-state index contributed by atoms with van der Waals surface area (Å²) in [5, 5.41) is 0.412. The lowest BCUT2D eigenvalue weighted by Crippen LogP contribution is -2.44. The molecule has 25 heavy (non-hydrogen) atoms. The summed E-state index contributed by atoms with van der Waals surface area (Å²) in [4.78, 5) is 38.2. The van der Waals surface area contributed by atoms with Gasteiger partial charge in [-0.1, -0.05) is 11.6 Å². The van der Waals surface area contributed by atoms with E-state index in [9.17, 15) is 14.4 Å². The molecule has 0 bridgehead atoms. The van der Waals surface area contributed by atoms with Gasteiger partial charge in [0.1, 0.15) is 5.58 Å². The van der Waals surface area contributed by atoms with Gasteiger partial charge in [0.2, 0.25) is 5.76 Å². The topological polar surface area (TPSA) is 76.8 Å². The first-order chi connectivity index (χ1) is 12.0. The van der Waals surface area contributed by atoms with Gasteiger partial charge in [0.25, 0.3) is 5.91 Å². The Morgan fingerprint density at radius 1 is 1.28 bits per heavy atom. The number of fused-ring (bicyclic) bond motifs is 1. The van der Waals surface area contributed by atoms with Crippen molar-refractivity contribution < 1.29 is 18.7 Å². The zero-order valence-corrected chi connectivity index (χ0v) is 14.4. The van der Waals surface area contributed by atoms with Crippen LogP contribution in [0.15, 0.2) is 33.5 Å². The van der Waals surface area contributed by atoms with Crippen LogP contribution in [0.5, 0.6) is 0 Å². The van der Waals surface area contributed by atoms with E-state index in [-0.39, 0.29) is 29.7 Å². The van der Waals surface area contributed by atoms with E-state index in [1.165, 1.54) is 0 Å². The van der Waals surface area contributed by atoms with Crippen molar-refractivity contribution in [3.63, 3.8) is 0 Å². The number of benzene rings is 1. The van der Waals surface area contributed by atoms with E-state index in [1.807, 2.05) is 13.8 Å². The van der Waals surface area contributed by atoms with E-state index >= 15 is 0 Å². The second-order valence-electron chi connectivity index (χ2n) is 6.48. The van der Waals surface area contributed by atoms with Crippen LogP contribution < -0.4 is 5.43 Å². The molecule has 0 N–H and O–H groups in total. The Balaban J connectivity index is 1.71. The summed E-state index contributed by atoms with van der Waals surface area (Å²) in [6.45, 7) is 4.19. The van der Waals surface area contributed by atoms with Gasteiger partial charge in [-0.25, -0.2) is 4.79 Å². The highest BCUT2D eigenvalue weighted by molar-refractivity contribution is 5.90. The maximum atomic E-state index is 12.2. The van der Waals surface area contributed by atoms with Crippen LogP contribution in [0.3, 0.4) is 0 Å². The molecule has 0 saturated carbocycles. The number of piperidine rings is 1. The number of esters is 1. The van der Waals surface area contributed by atoms with Crippen molar-refractivity contribution in [1.82, 2.24) is 4.90 Å². The minimum atomic E-state index is -0.808. The maximum Gasteiger partial charge on any atom is 0.374 e. The third-order valence-electron chi connectivity index (χ3n) is 4.53. The molecular formula is C19H21NO5. The molecule has 6 heteroatoms. The predicted octanol–water partition coefficient (Wildman–Crippen LogP) is 2.66. The molecule has 0 radical (unpaired) electrons. The Morgan fingerprint density at radius 3 is 2.84 bits per heavy atom. The SMILES string of the molecule is Cc1ccc2oc(C(=O)OCC(=O)N3CCCC[C@@H]3C)cc(=O)c2c1. The van der Waals surface area contributed by atoms with E-state index in [2.05, 4.69) is 0 Å². The number of likely N-dealkylation sites (tertiary alicyclic amines) is 1. The van der Waals surface area contributed by atoms with E-state index in [0.29, 0.717) is 17.5 Å². The van der Waals surface area contributed by atoms with Gasteiger partial charge in [-0.15, -0.1) is 0 Å². The first-order valence-corrected chi connectivity index (χ1v) is 8.47. The summed E-state index contributed by atoms with van der Waals surface area (Å²) >= 11 is 0. The van der Waals surface area contributed by atoms with Crippen LogP contribution in [0.1, 0.15) is 42.3 Å². The molecule has 1 aromatic carbocycles. The Kier molecular flexibility index (Phi) is 4.88. The normalized spacial score (nSPS) is 17.5. The fraction of sp³-hybridized carbons (Fsp3) is 0.421. The molecule has 1 atom stereocenters. The number of carbonyl (C=O) groups is 2. The van der Waals surface area contributed by atoms with Gasteiger partial charge < -0.3 is 14.1 Å². The lowest BCUT2D eigenvalue weighted by atomic mass is 10.0. The van der Waals surface area contributed by atoms with Crippen LogP contribution in [0.25, 0.3) is 11.0 Å². The third-order valence-corrected chi connectivity index (χ3v) is 4.53. The minimum Gasteiger partial charge on any atom is -0.450 e. The number of hydrogen-bond donors (Lipinski definition) is 0. The Hall–Kier alpha value is -2.63. The maximum absolute atomic E-state index is 12.2. The molecule has 0 aliphatic carbocycles. The molecule has 6 nitrogen and oxygen atoms in total. The average molecular weight is 343 g/mol. The molecule has 1 amide bonds. The highest BCUT2D eigenvalue weighted by Crippen LogP contribution is 2.17. The fourth-order valence-electron chi connectivity index (χ4n) is 3.12. The van der Waals surface area contributed by atoms with Crippen LogP contribution in [0.2, 0.25) is 0 Å². The van der Waals surface area contributed by atoms with Gasteiger partial charge >= 0.3 is 5.97 Å². The summed E-state index contributed by atoms with van der Waals surface area (Å²) < 4.78 is 10.5. The second-order valence-corrected chi connectivity index (χ2v) is 6.48. The largest absolute Gasteiger partial charge is 0.450 e. The van der Waals surface area contributed by atoms with Gasteiger partial charge in [-0.3, -0.25) is 9.59 Å². The minimum absolute atomic E-state index is 0.154. The molecule has 132 valence electrons. The first-order valence-electron chi connectivity index (χ1n) is 8.47. The molecule has 2 aromatic rings. The Labute approximate surface area is 145 Å². The van der Waals surface area contributed by atoms with E-state index in [1.54, 1.807) is 23.1 Å². The van der Waals surface area contributed by atoms with Gasteiger partial charge in [-0.05, 0) is 45.2 Å². The molecule has 1 saturated heterocycles. The smallest absolute Gasteiger partial charge is 0.374 e. The molecular weight excluding hydrogens is 322 g/mol. The lowest BCUT2D eigenvalue weighted by molar-refractivity contribution is -0.137. The fourth-order valence-corrected chi connectivity index (χ4v) is 3.12. The van der Waals surface area contributed by atoms with Crippen molar-refractivity contribution in [3.8, 4) is 0 Å². The number of amides is 1. The molecule has 0 unspecified atom stereocenters. The molecule has 1 aliphatic rings. The highest BCUT2D eigenvalue weighted by atomic mass is 16.5. The average Bonchev–Trinajstić information content (AvgIpc) is 2.60. The van der Waals surface area contributed by atoms with Crippen LogP contribution in [-0.2, 0) is 9.53 Å². The quantitative estimate of drug-likeness (QED) is 0.801. The van der Waals surface area contributed by atoms with E-state index in [4.69, 9.17) is 9.15 Å². The standard InChI is InChI=1S/C19H21NO5/c1-12-6-7-16-14(9-12)15(21)10-17(25-16)19(23)24-11-18(22)20-8-4-3-5-13(20)2/h6-7,9-10,13H,3-5,8,11H2,1-2H3/t13-/m0/s1. The predicted molar refractivity (Wildman–Crippen MR) is 92.5 cm³/mol. The van der Waals surface area contributed by atoms with E-state index in [0.717, 1.165) is 30.9 Å². The number of hydrogen-bond acceptors (Lipinski definition) is 5. The monoisotopic (exact) mass is 343 g/mol. The summed E-state index contributed by atoms with van der Waals surface area (Å²) in [5.41, 5.74) is 0.935. The number of ether oxygens (including phenoxy) is 1. The van der Waals surface area contributed by atoms with Crippen molar-refractivity contribution in [1.29, 1.82) is 0 Å². The summed E-state index contributed by atoms with van der Waals surface area (Å²) in [7, 11) is 0. The number of rotatable bonds is 3. The van der Waals surface area contributed by atoms with Crippen LogP contribution in [0, 0.1) is 6.92 Å². The van der Waals surface area contributed by atoms with Crippen molar-refractivity contribution in [2.75, 3.05) is 13.2 Å². The zero-order chi connectivity index (χ0) is 18.0. The molecule has 2 heterocycles. The number of nitrogens with zero attached hydrogens (tertiary/aromatic N) is 1. The summed E-state index contributed by atoms with van der Waals surface area (Å²) in [5.74, 6) is -1.22. The molecule has 1 aromatic heterocycles. The van der Waals surface area contributed by atoms with Crippen molar-refractivity contribution in [3.05, 3.63) is 45.8 Å². The molecule has 3 rings (SSSR count). The lowest BCUT2D eigenvalue weighted by Gasteiger charge is -2.33. The third kappa shape index (κ3) is 3.73. The van der Waals surface area contributed by atoms with Crippen molar-refractivity contribution in [2.45, 2.75) is 39.2 Å². The zero-order valence-electron chi connectivity index (χ0n) is 14.4. The van der Waals surface area contributed by atoms with Crippen molar-refractivity contribution in [2.24, 2.45) is 0 Å².